The molecule has 0 radical (unpaired) electrons. The van der Waals surface area contributed by atoms with Crippen molar-refractivity contribution in [1.29, 1.82) is 0 Å². The molecule has 0 saturated heterocycles. The molecule has 1 aliphatic carbocycles. The number of aliphatic hydroxyl groups excluding tert-OH is 1. The zero-order valence-electron chi connectivity index (χ0n) is 14.3. The number of aliphatic hydroxyl groups is 1. The summed E-state index contributed by atoms with van der Waals surface area (Å²) in [7, 11) is 2.18. The molecule has 0 bridgehead atoms. The highest BCUT2D eigenvalue weighted by molar-refractivity contribution is 4.85. The predicted octanol–water partition coefficient (Wildman–Crippen LogP) is 3.03. The number of nitrogens with zero attached hydrogens (tertiary/aromatic N) is 1. The second-order valence-electron chi connectivity index (χ2n) is 7.56. The Kier molecular flexibility index (Phi) is 7.49. The van der Waals surface area contributed by atoms with Crippen molar-refractivity contribution >= 4 is 0 Å². The number of likely N-dealkylation sites (N-methyl/N-ethyl adjacent to an activating group) is 1. The molecule has 3 unspecified atom stereocenters. The predicted molar refractivity (Wildman–Crippen MR) is 87.0 cm³/mol. The van der Waals surface area contributed by atoms with Crippen molar-refractivity contribution < 1.29 is 5.11 Å². The minimum atomic E-state index is -0.120. The normalized spacial score (nSPS) is 25.9. The molecule has 0 aromatic carbocycles. The zero-order chi connectivity index (χ0) is 15.2. The SMILES string of the molecule is CCCNC(CCN(C)C1CCCCC1O)C(C)(C)C. The molecule has 0 aromatic rings. The van der Waals surface area contributed by atoms with Gasteiger partial charge in [-0.1, -0.05) is 40.5 Å². The summed E-state index contributed by atoms with van der Waals surface area (Å²) in [4.78, 5) is 2.39. The maximum absolute atomic E-state index is 10.1. The van der Waals surface area contributed by atoms with E-state index in [-0.39, 0.29) is 6.10 Å². The van der Waals surface area contributed by atoms with Gasteiger partial charge in [0.05, 0.1) is 6.10 Å². The van der Waals surface area contributed by atoms with Crippen LogP contribution < -0.4 is 5.32 Å². The molecule has 3 nitrogen and oxygen atoms in total. The molecule has 3 atom stereocenters. The summed E-state index contributed by atoms with van der Waals surface area (Å²) in [6.07, 6.45) is 6.81. The van der Waals surface area contributed by atoms with Crippen LogP contribution in [0.2, 0.25) is 0 Å². The molecule has 2 N–H and O–H groups in total. The summed E-state index contributed by atoms with van der Waals surface area (Å²) in [5, 5.41) is 13.8. The Labute approximate surface area is 126 Å². The molecule has 3 heteroatoms. The third kappa shape index (κ3) is 5.71. The Morgan fingerprint density at radius 3 is 2.45 bits per heavy atom. The summed E-state index contributed by atoms with van der Waals surface area (Å²) in [6.45, 7) is 11.3. The first kappa shape index (κ1) is 17.9. The minimum absolute atomic E-state index is 0.120. The number of hydrogen-bond acceptors (Lipinski definition) is 3. The van der Waals surface area contributed by atoms with Crippen molar-refractivity contribution in [3.05, 3.63) is 0 Å². The molecule has 1 aliphatic rings. The van der Waals surface area contributed by atoms with Crippen molar-refractivity contribution in [2.45, 2.75) is 84.4 Å². The molecule has 1 saturated carbocycles. The van der Waals surface area contributed by atoms with Crippen LogP contribution in [-0.4, -0.2) is 48.3 Å². The van der Waals surface area contributed by atoms with E-state index in [4.69, 9.17) is 0 Å². The number of rotatable bonds is 7. The summed E-state index contributed by atoms with van der Waals surface area (Å²) in [5.41, 5.74) is 0.293. The molecule has 0 aromatic heterocycles. The molecule has 20 heavy (non-hydrogen) atoms. The second kappa shape index (κ2) is 8.35. The molecule has 1 rings (SSSR count). The van der Waals surface area contributed by atoms with Crippen molar-refractivity contribution in [2.75, 3.05) is 20.1 Å². The first-order chi connectivity index (χ1) is 9.36. The van der Waals surface area contributed by atoms with Gasteiger partial charge in [0, 0.05) is 12.1 Å². The van der Waals surface area contributed by atoms with Crippen molar-refractivity contribution in [2.24, 2.45) is 5.41 Å². The van der Waals surface area contributed by atoms with Crippen LogP contribution >= 0.6 is 0 Å². The largest absolute Gasteiger partial charge is 0.391 e. The highest BCUT2D eigenvalue weighted by Crippen LogP contribution is 2.25. The quantitative estimate of drug-likeness (QED) is 0.754. The van der Waals surface area contributed by atoms with Crippen LogP contribution in [0.4, 0.5) is 0 Å². The van der Waals surface area contributed by atoms with Crippen LogP contribution in [-0.2, 0) is 0 Å². The highest BCUT2D eigenvalue weighted by atomic mass is 16.3. The van der Waals surface area contributed by atoms with E-state index in [0.29, 0.717) is 17.5 Å². The Hall–Kier alpha value is -0.120. The van der Waals surface area contributed by atoms with Gasteiger partial charge in [0.2, 0.25) is 0 Å². The Morgan fingerprint density at radius 2 is 1.90 bits per heavy atom. The van der Waals surface area contributed by atoms with E-state index in [2.05, 4.69) is 45.0 Å². The third-order valence-corrected chi connectivity index (χ3v) is 4.72. The lowest BCUT2D eigenvalue weighted by Crippen LogP contribution is -2.47. The monoisotopic (exact) mass is 284 g/mol. The molecule has 1 fully saturated rings. The van der Waals surface area contributed by atoms with Gasteiger partial charge in [0.15, 0.2) is 0 Å². The van der Waals surface area contributed by atoms with E-state index in [0.717, 1.165) is 32.4 Å². The van der Waals surface area contributed by atoms with E-state index in [1.54, 1.807) is 0 Å². The topological polar surface area (TPSA) is 35.5 Å². The van der Waals surface area contributed by atoms with Crippen LogP contribution in [0.3, 0.4) is 0 Å². The minimum Gasteiger partial charge on any atom is -0.391 e. The zero-order valence-corrected chi connectivity index (χ0v) is 14.3. The fourth-order valence-corrected chi connectivity index (χ4v) is 3.26. The first-order valence-electron chi connectivity index (χ1n) is 8.48. The number of hydrogen-bond donors (Lipinski definition) is 2. The van der Waals surface area contributed by atoms with Crippen LogP contribution in [0.15, 0.2) is 0 Å². The summed E-state index contributed by atoms with van der Waals surface area (Å²) in [6, 6.07) is 0.918. The highest BCUT2D eigenvalue weighted by Gasteiger charge is 2.28. The molecule has 0 aliphatic heterocycles. The van der Waals surface area contributed by atoms with Gasteiger partial charge in [-0.25, -0.2) is 0 Å². The van der Waals surface area contributed by atoms with E-state index in [1.807, 2.05) is 0 Å². The summed E-state index contributed by atoms with van der Waals surface area (Å²) >= 11 is 0. The van der Waals surface area contributed by atoms with Crippen LogP contribution in [0.25, 0.3) is 0 Å². The fraction of sp³-hybridized carbons (Fsp3) is 1.00. The van der Waals surface area contributed by atoms with Gasteiger partial charge in [0.1, 0.15) is 0 Å². The van der Waals surface area contributed by atoms with Gasteiger partial charge >= 0.3 is 0 Å². The Bertz CT molecular complexity index is 262. The van der Waals surface area contributed by atoms with E-state index >= 15 is 0 Å². The smallest absolute Gasteiger partial charge is 0.0695 e. The molecule has 0 amide bonds. The molecular formula is C17H36N2O. The van der Waals surface area contributed by atoms with Crippen molar-refractivity contribution in [3.8, 4) is 0 Å². The maximum Gasteiger partial charge on any atom is 0.0695 e. The van der Waals surface area contributed by atoms with E-state index < -0.39 is 0 Å². The lowest BCUT2D eigenvalue weighted by atomic mass is 9.84. The van der Waals surface area contributed by atoms with Gasteiger partial charge in [-0.3, -0.25) is 0 Å². The average Bonchev–Trinajstić information content (AvgIpc) is 2.37. The van der Waals surface area contributed by atoms with Crippen LogP contribution in [0, 0.1) is 5.41 Å². The van der Waals surface area contributed by atoms with E-state index in [1.165, 1.54) is 19.3 Å². The van der Waals surface area contributed by atoms with Crippen LogP contribution in [0.1, 0.15) is 66.2 Å². The van der Waals surface area contributed by atoms with Gasteiger partial charge in [0.25, 0.3) is 0 Å². The Balaban J connectivity index is 2.44. The number of nitrogens with one attached hydrogen (secondary N) is 1. The molecular weight excluding hydrogens is 248 g/mol. The second-order valence-corrected chi connectivity index (χ2v) is 7.56. The van der Waals surface area contributed by atoms with Gasteiger partial charge in [-0.05, 0) is 51.2 Å². The molecule has 0 heterocycles. The summed E-state index contributed by atoms with van der Waals surface area (Å²) in [5.74, 6) is 0. The van der Waals surface area contributed by atoms with Crippen molar-refractivity contribution in [1.82, 2.24) is 10.2 Å². The molecule has 0 spiro atoms. The third-order valence-electron chi connectivity index (χ3n) is 4.72. The lowest BCUT2D eigenvalue weighted by molar-refractivity contribution is 0.0289. The van der Waals surface area contributed by atoms with Crippen LogP contribution in [0.5, 0.6) is 0 Å². The van der Waals surface area contributed by atoms with Gasteiger partial charge in [-0.2, -0.15) is 0 Å². The van der Waals surface area contributed by atoms with Gasteiger partial charge < -0.3 is 15.3 Å². The average molecular weight is 284 g/mol. The standard InChI is InChI=1S/C17H36N2O/c1-6-12-18-16(17(2,3)4)11-13-19(5)14-9-7-8-10-15(14)20/h14-16,18,20H,6-13H2,1-5H3. The Morgan fingerprint density at radius 1 is 1.25 bits per heavy atom. The maximum atomic E-state index is 10.1. The molecule has 120 valence electrons. The fourth-order valence-electron chi connectivity index (χ4n) is 3.26. The van der Waals surface area contributed by atoms with E-state index in [9.17, 15) is 5.11 Å². The first-order valence-corrected chi connectivity index (χ1v) is 8.48. The van der Waals surface area contributed by atoms with Gasteiger partial charge in [-0.15, -0.1) is 0 Å². The summed E-state index contributed by atoms with van der Waals surface area (Å²) < 4.78 is 0. The van der Waals surface area contributed by atoms with Crippen molar-refractivity contribution in [3.63, 3.8) is 0 Å². The lowest BCUT2D eigenvalue weighted by Gasteiger charge is -2.38.